The zero-order valence-electron chi connectivity index (χ0n) is 6.76. The van der Waals surface area contributed by atoms with Gasteiger partial charge in [0.25, 0.3) is 5.91 Å². The highest BCUT2D eigenvalue weighted by atomic mass is 16.1. The van der Waals surface area contributed by atoms with E-state index in [0.717, 1.165) is 6.54 Å². The number of hydrogen-bond donors (Lipinski definition) is 2. The van der Waals surface area contributed by atoms with Gasteiger partial charge in [0.2, 0.25) is 0 Å². The fourth-order valence-electron chi connectivity index (χ4n) is 0.792. The fraction of sp³-hybridized carbons (Fsp3) is 0.625. The Bertz CT molecular complexity index is 183. The van der Waals surface area contributed by atoms with Crippen LogP contribution in [0, 0.1) is 5.92 Å². The summed E-state index contributed by atoms with van der Waals surface area (Å²) in [5.41, 5.74) is 5.68. The maximum absolute atomic E-state index is 11.0. The lowest BCUT2D eigenvalue weighted by atomic mass is 10.3. The van der Waals surface area contributed by atoms with Crippen molar-refractivity contribution in [3.05, 3.63) is 11.8 Å². The first-order valence-corrected chi connectivity index (χ1v) is 3.94. The number of hydrogen-bond acceptors (Lipinski definition) is 2. The Morgan fingerprint density at radius 1 is 1.73 bits per heavy atom. The third kappa shape index (κ3) is 2.62. The van der Waals surface area contributed by atoms with E-state index in [1.165, 1.54) is 12.8 Å². The van der Waals surface area contributed by atoms with Crippen molar-refractivity contribution in [1.82, 2.24) is 5.32 Å². The van der Waals surface area contributed by atoms with Gasteiger partial charge in [-0.1, -0.05) is 6.08 Å². The van der Waals surface area contributed by atoms with Crippen molar-refractivity contribution in [2.75, 3.05) is 6.54 Å². The van der Waals surface area contributed by atoms with Gasteiger partial charge in [0, 0.05) is 6.54 Å². The summed E-state index contributed by atoms with van der Waals surface area (Å²) in [5, 5.41) is 2.76. The molecule has 0 spiro atoms. The number of rotatable bonds is 3. The molecule has 1 rings (SSSR count). The van der Waals surface area contributed by atoms with Gasteiger partial charge >= 0.3 is 0 Å². The Labute approximate surface area is 66.6 Å². The predicted octanol–water partition coefficient (Wildman–Crippen LogP) is 0.375. The Balaban J connectivity index is 2.19. The van der Waals surface area contributed by atoms with Crippen molar-refractivity contribution in [2.45, 2.75) is 19.8 Å². The van der Waals surface area contributed by atoms with E-state index in [4.69, 9.17) is 5.73 Å². The van der Waals surface area contributed by atoms with Crippen LogP contribution in [0.1, 0.15) is 19.8 Å². The van der Waals surface area contributed by atoms with Crippen molar-refractivity contribution in [2.24, 2.45) is 11.7 Å². The second-order valence-corrected chi connectivity index (χ2v) is 2.90. The Morgan fingerprint density at radius 3 is 2.82 bits per heavy atom. The van der Waals surface area contributed by atoms with E-state index in [9.17, 15) is 4.79 Å². The molecule has 0 radical (unpaired) electrons. The van der Waals surface area contributed by atoms with Gasteiger partial charge in [-0.3, -0.25) is 4.79 Å². The predicted molar refractivity (Wildman–Crippen MR) is 43.7 cm³/mol. The molecule has 0 aromatic carbocycles. The van der Waals surface area contributed by atoms with Gasteiger partial charge in [-0.25, -0.2) is 0 Å². The van der Waals surface area contributed by atoms with Crippen LogP contribution in [0.25, 0.3) is 0 Å². The molecule has 3 heteroatoms. The van der Waals surface area contributed by atoms with Crippen molar-refractivity contribution in [1.29, 1.82) is 0 Å². The van der Waals surface area contributed by atoms with Crippen LogP contribution < -0.4 is 11.1 Å². The van der Waals surface area contributed by atoms with Crippen LogP contribution in [0.5, 0.6) is 0 Å². The van der Waals surface area contributed by atoms with Crippen LogP contribution in [-0.4, -0.2) is 12.5 Å². The Morgan fingerprint density at radius 2 is 2.36 bits per heavy atom. The van der Waals surface area contributed by atoms with Gasteiger partial charge in [0.05, 0.1) is 5.70 Å². The minimum absolute atomic E-state index is 0.139. The molecular weight excluding hydrogens is 140 g/mol. The topological polar surface area (TPSA) is 55.1 Å². The van der Waals surface area contributed by atoms with Crippen molar-refractivity contribution < 1.29 is 4.79 Å². The lowest BCUT2D eigenvalue weighted by Gasteiger charge is -2.02. The fourth-order valence-corrected chi connectivity index (χ4v) is 0.792. The molecule has 1 amide bonds. The Hall–Kier alpha value is -0.990. The number of nitrogens with one attached hydrogen (secondary N) is 1. The van der Waals surface area contributed by atoms with Crippen molar-refractivity contribution in [3.63, 3.8) is 0 Å². The first-order valence-electron chi connectivity index (χ1n) is 3.94. The highest BCUT2D eigenvalue weighted by Crippen LogP contribution is 2.27. The molecule has 0 saturated heterocycles. The molecule has 0 heterocycles. The number of carbonyl (C=O) groups excluding carboxylic acids is 1. The molecule has 0 atom stereocenters. The maximum atomic E-state index is 11.0. The molecule has 1 aliphatic rings. The summed E-state index contributed by atoms with van der Waals surface area (Å²) < 4.78 is 0. The smallest absolute Gasteiger partial charge is 0.266 e. The second-order valence-electron chi connectivity index (χ2n) is 2.90. The first kappa shape index (κ1) is 8.11. The van der Waals surface area contributed by atoms with Gasteiger partial charge < -0.3 is 11.1 Å². The molecule has 0 unspecified atom stereocenters. The molecule has 11 heavy (non-hydrogen) atoms. The summed E-state index contributed by atoms with van der Waals surface area (Å²) in [5.74, 6) is 0.572. The quantitative estimate of drug-likeness (QED) is 0.577. The molecule has 1 saturated carbocycles. The van der Waals surface area contributed by atoms with Crippen molar-refractivity contribution >= 4 is 5.91 Å². The zero-order chi connectivity index (χ0) is 8.27. The summed E-state index contributed by atoms with van der Waals surface area (Å²) in [6.45, 7) is 2.54. The highest BCUT2D eigenvalue weighted by Gasteiger charge is 2.21. The molecule has 0 aliphatic heterocycles. The van der Waals surface area contributed by atoms with Gasteiger partial charge in [0.1, 0.15) is 0 Å². The number of nitrogens with two attached hydrogens (primary N) is 1. The molecule has 0 bridgehead atoms. The van der Waals surface area contributed by atoms with E-state index < -0.39 is 0 Å². The van der Waals surface area contributed by atoms with Crippen LogP contribution in [0.3, 0.4) is 0 Å². The van der Waals surface area contributed by atoms with Crippen LogP contribution in [0.4, 0.5) is 0 Å². The second kappa shape index (κ2) is 3.42. The van der Waals surface area contributed by atoms with Crippen LogP contribution in [-0.2, 0) is 4.79 Å². The minimum atomic E-state index is -0.139. The maximum Gasteiger partial charge on any atom is 0.266 e. The first-order chi connectivity index (χ1) is 5.24. The van der Waals surface area contributed by atoms with Crippen LogP contribution in [0.15, 0.2) is 11.8 Å². The van der Waals surface area contributed by atoms with Gasteiger partial charge in [0.15, 0.2) is 0 Å². The third-order valence-electron chi connectivity index (χ3n) is 1.82. The standard InChI is InChI=1S/C8H14N2O/c1-2-7(9)8(11)10-5-6-3-4-6/h2,6H,3-5,9H2,1H3,(H,10,11)/b7-2+. The van der Waals surface area contributed by atoms with Gasteiger partial charge in [-0.15, -0.1) is 0 Å². The lowest BCUT2D eigenvalue weighted by molar-refractivity contribution is -0.117. The summed E-state index contributed by atoms with van der Waals surface area (Å²) in [4.78, 5) is 11.0. The van der Waals surface area contributed by atoms with E-state index >= 15 is 0 Å². The third-order valence-corrected chi connectivity index (χ3v) is 1.82. The Kier molecular flexibility index (Phi) is 2.52. The van der Waals surface area contributed by atoms with E-state index in [2.05, 4.69) is 5.32 Å². The average Bonchev–Trinajstić information content (AvgIpc) is 2.81. The van der Waals surface area contributed by atoms with Gasteiger partial charge in [-0.05, 0) is 25.7 Å². The molecule has 3 N–H and O–H groups in total. The van der Waals surface area contributed by atoms with Gasteiger partial charge in [-0.2, -0.15) is 0 Å². The molecule has 0 aromatic heterocycles. The zero-order valence-corrected chi connectivity index (χ0v) is 6.76. The lowest BCUT2D eigenvalue weighted by Crippen LogP contribution is -2.30. The summed E-state index contributed by atoms with van der Waals surface area (Å²) in [7, 11) is 0. The molecular formula is C8H14N2O. The van der Waals surface area contributed by atoms with E-state index in [0.29, 0.717) is 11.6 Å². The highest BCUT2D eigenvalue weighted by molar-refractivity contribution is 5.92. The molecule has 0 aromatic rings. The van der Waals surface area contributed by atoms with E-state index in [1.54, 1.807) is 13.0 Å². The van der Waals surface area contributed by atoms with Crippen molar-refractivity contribution in [3.8, 4) is 0 Å². The minimum Gasteiger partial charge on any atom is -0.395 e. The molecule has 1 fully saturated rings. The summed E-state index contributed by atoms with van der Waals surface area (Å²) >= 11 is 0. The van der Waals surface area contributed by atoms with Crippen LogP contribution in [0.2, 0.25) is 0 Å². The SMILES string of the molecule is C/C=C(/N)C(=O)NCC1CC1. The van der Waals surface area contributed by atoms with E-state index in [-0.39, 0.29) is 5.91 Å². The summed E-state index contributed by atoms with van der Waals surface area (Å²) in [6, 6.07) is 0. The molecule has 1 aliphatic carbocycles. The number of amides is 1. The largest absolute Gasteiger partial charge is 0.395 e. The monoisotopic (exact) mass is 154 g/mol. The number of allylic oxidation sites excluding steroid dienone is 1. The van der Waals surface area contributed by atoms with Crippen LogP contribution >= 0.6 is 0 Å². The average molecular weight is 154 g/mol. The number of carbonyl (C=O) groups is 1. The summed E-state index contributed by atoms with van der Waals surface area (Å²) in [6.07, 6.45) is 4.11. The molecule has 62 valence electrons. The molecule has 3 nitrogen and oxygen atoms in total. The normalized spacial score (nSPS) is 18.1. The van der Waals surface area contributed by atoms with E-state index in [1.807, 2.05) is 0 Å².